The van der Waals surface area contributed by atoms with E-state index in [0.29, 0.717) is 0 Å². The molecular formula is CH4BNO3. The number of nitrogens with two attached hydrogens (primary N) is 1. The van der Waals surface area contributed by atoms with Crippen molar-refractivity contribution in [2.24, 2.45) is 5.73 Å². The average Bonchev–Trinajstić information content (AvgIpc) is 1.35. The van der Waals surface area contributed by atoms with Gasteiger partial charge in [0.05, 0.1) is 0 Å². The molecule has 0 aliphatic rings. The fourth-order valence-electron chi connectivity index (χ4n) is 0.0636. The summed E-state index contributed by atoms with van der Waals surface area (Å²) < 4.78 is 3.74. The predicted octanol–water partition coefficient (Wildman–Crippen LogP) is -1.66. The molecule has 0 saturated carbocycles. The van der Waals surface area contributed by atoms with Gasteiger partial charge in [-0.05, 0) is 0 Å². The molecule has 0 radical (unpaired) electrons. The number of hydrogen-bond acceptors (Lipinski definition) is 3. The van der Waals surface area contributed by atoms with Gasteiger partial charge < -0.3 is 15.4 Å². The van der Waals surface area contributed by atoms with Crippen molar-refractivity contribution in [2.45, 2.75) is 0 Å². The summed E-state index contributed by atoms with van der Waals surface area (Å²) in [5.74, 6) is 0. The first kappa shape index (κ1) is 5.29. The number of rotatable bonds is 1. The summed E-state index contributed by atoms with van der Waals surface area (Å²) in [6, 6.07) is 0. The van der Waals surface area contributed by atoms with Gasteiger partial charge in [-0.25, -0.2) is 4.79 Å². The van der Waals surface area contributed by atoms with Gasteiger partial charge in [-0.15, -0.1) is 0 Å². The lowest BCUT2D eigenvalue weighted by atomic mass is 10.4. The van der Waals surface area contributed by atoms with E-state index in [2.05, 4.69) is 10.4 Å². The van der Waals surface area contributed by atoms with Crippen molar-refractivity contribution in [2.75, 3.05) is 0 Å². The van der Waals surface area contributed by atoms with Crippen molar-refractivity contribution in [3.63, 3.8) is 0 Å². The van der Waals surface area contributed by atoms with Crippen molar-refractivity contribution in [1.29, 1.82) is 0 Å². The van der Waals surface area contributed by atoms with E-state index >= 15 is 0 Å². The normalized spacial score (nSPS) is 6.83. The summed E-state index contributed by atoms with van der Waals surface area (Å²) >= 11 is 0. The van der Waals surface area contributed by atoms with Gasteiger partial charge in [-0.3, -0.25) is 0 Å². The van der Waals surface area contributed by atoms with Crippen LogP contribution >= 0.6 is 0 Å². The van der Waals surface area contributed by atoms with Crippen LogP contribution in [0.5, 0.6) is 0 Å². The minimum atomic E-state index is -0.961. The Morgan fingerprint density at radius 2 is 2.50 bits per heavy atom. The molecule has 0 aliphatic carbocycles. The largest absolute Gasteiger partial charge is 0.507 e. The highest BCUT2D eigenvalue weighted by Crippen LogP contribution is 1.59. The highest BCUT2D eigenvalue weighted by atomic mass is 16.6. The van der Waals surface area contributed by atoms with Gasteiger partial charge in [0.25, 0.3) is 0 Å². The molecule has 0 fully saturated rings. The SMILES string of the molecule is NC(=O)OBO. The Labute approximate surface area is 35.2 Å². The van der Waals surface area contributed by atoms with E-state index in [9.17, 15) is 4.79 Å². The lowest BCUT2D eigenvalue weighted by Gasteiger charge is -1.86. The van der Waals surface area contributed by atoms with Crippen LogP contribution in [-0.4, -0.2) is 18.8 Å². The zero-order valence-electron chi connectivity index (χ0n) is 3.05. The number of carbonyl (C=O) groups excluding carboxylic acids is 1. The molecule has 0 heterocycles. The third-order valence-electron chi connectivity index (χ3n) is 0.207. The number of amides is 1. The Hall–Kier alpha value is -0.705. The molecule has 0 aromatic rings. The Bertz CT molecular complexity index is 54.8. The van der Waals surface area contributed by atoms with Gasteiger partial charge in [0, 0.05) is 0 Å². The Kier molecular flexibility index (Phi) is 2.23. The second-order valence-electron chi connectivity index (χ2n) is 0.592. The van der Waals surface area contributed by atoms with Gasteiger partial charge in [-0.1, -0.05) is 0 Å². The van der Waals surface area contributed by atoms with Crippen LogP contribution in [-0.2, 0) is 4.65 Å². The van der Waals surface area contributed by atoms with Crippen LogP contribution in [0.3, 0.4) is 0 Å². The monoisotopic (exact) mass is 89.0 g/mol. The molecule has 5 heteroatoms. The summed E-state index contributed by atoms with van der Waals surface area (Å²) in [5, 5.41) is 7.71. The van der Waals surface area contributed by atoms with Gasteiger partial charge in [0.1, 0.15) is 0 Å². The molecule has 34 valence electrons. The average molecular weight is 88.9 g/mol. The zero-order valence-corrected chi connectivity index (χ0v) is 3.05. The third kappa shape index (κ3) is 3.29. The molecule has 0 rings (SSSR count). The molecule has 0 aromatic heterocycles. The van der Waals surface area contributed by atoms with E-state index in [4.69, 9.17) is 5.02 Å². The van der Waals surface area contributed by atoms with Gasteiger partial charge in [0.15, 0.2) is 0 Å². The summed E-state index contributed by atoms with van der Waals surface area (Å²) in [4.78, 5) is 9.44. The molecule has 6 heavy (non-hydrogen) atoms. The second kappa shape index (κ2) is 2.53. The van der Waals surface area contributed by atoms with Crippen LogP contribution in [0.25, 0.3) is 0 Å². The fraction of sp³-hybridized carbons (Fsp3) is 0. The van der Waals surface area contributed by atoms with E-state index in [0.717, 1.165) is 0 Å². The Balaban J connectivity index is 2.83. The first-order chi connectivity index (χ1) is 2.77. The minimum absolute atomic E-state index is 0.644. The molecular weight excluding hydrogens is 84.8 g/mol. The van der Waals surface area contributed by atoms with Crippen LogP contribution in [0.2, 0.25) is 0 Å². The van der Waals surface area contributed by atoms with E-state index in [1.165, 1.54) is 0 Å². The van der Waals surface area contributed by atoms with E-state index in [1.807, 2.05) is 0 Å². The first-order valence-electron chi connectivity index (χ1n) is 1.30. The molecule has 4 nitrogen and oxygen atoms in total. The molecule has 0 spiro atoms. The zero-order chi connectivity index (χ0) is 4.99. The summed E-state index contributed by atoms with van der Waals surface area (Å²) in [5.41, 5.74) is 4.38. The maximum atomic E-state index is 9.44. The number of primary amides is 1. The van der Waals surface area contributed by atoms with Gasteiger partial charge in [-0.2, -0.15) is 0 Å². The van der Waals surface area contributed by atoms with Crippen LogP contribution in [0.1, 0.15) is 0 Å². The summed E-state index contributed by atoms with van der Waals surface area (Å²) in [6.07, 6.45) is -0.961. The van der Waals surface area contributed by atoms with Crippen LogP contribution in [0, 0.1) is 0 Å². The van der Waals surface area contributed by atoms with Crippen molar-refractivity contribution >= 4 is 13.8 Å². The van der Waals surface area contributed by atoms with Gasteiger partial charge >= 0.3 is 13.8 Å². The fourth-order valence-corrected chi connectivity index (χ4v) is 0.0636. The lowest BCUT2D eigenvalue weighted by Crippen LogP contribution is -2.15. The van der Waals surface area contributed by atoms with E-state index < -0.39 is 13.8 Å². The van der Waals surface area contributed by atoms with Crippen molar-refractivity contribution in [1.82, 2.24) is 0 Å². The lowest BCUT2D eigenvalue weighted by molar-refractivity contribution is 0.206. The molecule has 0 unspecified atom stereocenters. The van der Waals surface area contributed by atoms with E-state index in [1.54, 1.807) is 0 Å². The predicted molar refractivity (Wildman–Crippen MR) is 20.0 cm³/mol. The minimum Gasteiger partial charge on any atom is -0.496 e. The molecule has 0 aliphatic heterocycles. The summed E-state index contributed by atoms with van der Waals surface area (Å²) in [6.45, 7) is 0. The standard InChI is InChI=1S/CH4BNO3/c3-1(4)6-2-5/h2,5H,(H2,3,4). The van der Waals surface area contributed by atoms with E-state index in [-0.39, 0.29) is 0 Å². The highest BCUT2D eigenvalue weighted by Gasteiger charge is 1.87. The smallest absolute Gasteiger partial charge is 0.496 e. The molecule has 0 saturated heterocycles. The maximum absolute atomic E-state index is 9.44. The molecule has 0 atom stereocenters. The van der Waals surface area contributed by atoms with Crippen LogP contribution in [0.4, 0.5) is 4.79 Å². The van der Waals surface area contributed by atoms with Crippen molar-refractivity contribution in [3.05, 3.63) is 0 Å². The topological polar surface area (TPSA) is 72.6 Å². The Morgan fingerprint density at radius 1 is 2.00 bits per heavy atom. The summed E-state index contributed by atoms with van der Waals surface area (Å²) in [7, 11) is -0.644. The number of hydrogen-bond donors (Lipinski definition) is 2. The van der Waals surface area contributed by atoms with Gasteiger partial charge in [0.2, 0.25) is 0 Å². The Morgan fingerprint density at radius 3 is 2.50 bits per heavy atom. The molecule has 3 N–H and O–H groups in total. The number of carbonyl (C=O) groups is 1. The van der Waals surface area contributed by atoms with Crippen LogP contribution in [0.15, 0.2) is 0 Å². The van der Waals surface area contributed by atoms with Crippen LogP contribution < -0.4 is 5.73 Å². The van der Waals surface area contributed by atoms with Crippen molar-refractivity contribution < 1.29 is 14.5 Å². The quantitative estimate of drug-likeness (QED) is 0.377. The maximum Gasteiger partial charge on any atom is 0.507 e. The molecule has 1 amide bonds. The molecule has 0 bridgehead atoms. The second-order valence-corrected chi connectivity index (χ2v) is 0.592. The third-order valence-corrected chi connectivity index (χ3v) is 0.207. The van der Waals surface area contributed by atoms with Crippen molar-refractivity contribution in [3.8, 4) is 0 Å². The highest BCUT2D eigenvalue weighted by molar-refractivity contribution is 6.20. The first-order valence-corrected chi connectivity index (χ1v) is 1.30. The molecule has 0 aromatic carbocycles.